The zero-order valence-corrected chi connectivity index (χ0v) is 8.34. The molecule has 2 aliphatic rings. The molecular formula is C10H8F3NO2. The maximum atomic E-state index is 12.5. The lowest BCUT2D eigenvalue weighted by Gasteiger charge is -2.17. The first kappa shape index (κ1) is 10.9. The molecule has 1 amide bonds. The molecule has 3 nitrogen and oxygen atoms in total. The minimum atomic E-state index is -4.57. The zero-order chi connectivity index (χ0) is 11.9. The molecule has 1 aliphatic carbocycles. The van der Waals surface area contributed by atoms with Crippen molar-refractivity contribution in [2.24, 2.45) is 10.9 Å². The van der Waals surface area contributed by atoms with E-state index >= 15 is 0 Å². The third kappa shape index (κ3) is 1.64. The van der Waals surface area contributed by atoms with Crippen LogP contribution in [0.4, 0.5) is 13.2 Å². The number of amides is 1. The van der Waals surface area contributed by atoms with Gasteiger partial charge in [-0.3, -0.25) is 4.79 Å². The Hall–Kier alpha value is -1.59. The fraction of sp³-hybridized carbons (Fsp3) is 0.400. The monoisotopic (exact) mass is 231 g/mol. The van der Waals surface area contributed by atoms with Gasteiger partial charge in [0.05, 0.1) is 18.8 Å². The van der Waals surface area contributed by atoms with Crippen LogP contribution in [-0.2, 0) is 9.53 Å². The van der Waals surface area contributed by atoms with Gasteiger partial charge >= 0.3 is 6.18 Å². The van der Waals surface area contributed by atoms with Gasteiger partial charge in [-0.15, -0.1) is 0 Å². The molecule has 1 atom stereocenters. The van der Waals surface area contributed by atoms with Crippen molar-refractivity contribution in [1.82, 2.24) is 0 Å². The number of aliphatic imine (C=N–C) groups is 1. The number of allylic oxidation sites excluding steroid dienone is 3. The Morgan fingerprint density at radius 3 is 2.69 bits per heavy atom. The van der Waals surface area contributed by atoms with Crippen molar-refractivity contribution in [2.75, 3.05) is 7.11 Å². The highest BCUT2D eigenvalue weighted by Crippen LogP contribution is 2.37. The maximum absolute atomic E-state index is 12.5. The summed E-state index contributed by atoms with van der Waals surface area (Å²) in [5, 5.41) is 0. The van der Waals surface area contributed by atoms with E-state index in [0.29, 0.717) is 5.76 Å². The molecular weight excluding hydrogens is 223 g/mol. The van der Waals surface area contributed by atoms with Gasteiger partial charge in [0, 0.05) is 6.42 Å². The van der Waals surface area contributed by atoms with Crippen molar-refractivity contribution in [1.29, 1.82) is 0 Å². The Labute approximate surface area is 89.3 Å². The molecule has 0 aromatic heterocycles. The third-order valence-electron chi connectivity index (χ3n) is 2.55. The van der Waals surface area contributed by atoms with Gasteiger partial charge < -0.3 is 4.74 Å². The van der Waals surface area contributed by atoms with Crippen molar-refractivity contribution >= 4 is 11.6 Å². The number of rotatable bonds is 1. The van der Waals surface area contributed by atoms with E-state index in [1.54, 1.807) is 0 Å². The average molecular weight is 231 g/mol. The molecule has 0 N–H and O–H groups in total. The highest BCUT2D eigenvalue weighted by atomic mass is 19.4. The third-order valence-corrected chi connectivity index (χ3v) is 2.55. The molecule has 16 heavy (non-hydrogen) atoms. The first-order chi connectivity index (χ1) is 7.43. The molecule has 2 rings (SSSR count). The molecule has 6 heteroatoms. The molecule has 0 fully saturated rings. The van der Waals surface area contributed by atoms with Crippen molar-refractivity contribution in [3.63, 3.8) is 0 Å². The number of carbonyl (C=O) groups excluding carboxylic acids is 1. The molecule has 0 radical (unpaired) electrons. The number of hydrogen-bond donors (Lipinski definition) is 0. The maximum Gasteiger partial charge on any atom is 0.433 e. The smallest absolute Gasteiger partial charge is 0.433 e. The van der Waals surface area contributed by atoms with Crippen molar-refractivity contribution in [3.8, 4) is 0 Å². The summed E-state index contributed by atoms with van der Waals surface area (Å²) < 4.78 is 42.4. The van der Waals surface area contributed by atoms with Gasteiger partial charge in [0.25, 0.3) is 5.91 Å². The predicted molar refractivity (Wildman–Crippen MR) is 49.8 cm³/mol. The van der Waals surface area contributed by atoms with Crippen LogP contribution in [-0.4, -0.2) is 24.9 Å². The van der Waals surface area contributed by atoms with E-state index in [1.807, 2.05) is 0 Å². The van der Waals surface area contributed by atoms with Crippen LogP contribution in [0, 0.1) is 5.92 Å². The summed E-state index contributed by atoms with van der Waals surface area (Å²) in [7, 11) is 1.41. The number of hydrogen-bond acceptors (Lipinski definition) is 2. The van der Waals surface area contributed by atoms with E-state index in [4.69, 9.17) is 4.74 Å². The van der Waals surface area contributed by atoms with Gasteiger partial charge in [-0.25, -0.2) is 4.99 Å². The zero-order valence-electron chi connectivity index (χ0n) is 8.34. The van der Waals surface area contributed by atoms with Crippen molar-refractivity contribution in [3.05, 3.63) is 23.5 Å². The standard InChI is InChI=1S/C10H8F3NO2/c1-16-5-2-3-6-7(4-5)9(15)14-8(6)10(11,12)13/h2-3,7H,4H2,1H3. The Bertz CT molecular complexity index is 432. The minimum Gasteiger partial charge on any atom is -0.501 e. The summed E-state index contributed by atoms with van der Waals surface area (Å²) in [5.41, 5.74) is -1.13. The molecule has 0 saturated carbocycles. The molecule has 0 bridgehead atoms. The van der Waals surface area contributed by atoms with E-state index in [9.17, 15) is 18.0 Å². The van der Waals surface area contributed by atoms with E-state index in [2.05, 4.69) is 4.99 Å². The van der Waals surface area contributed by atoms with Gasteiger partial charge in [-0.05, 0) is 11.6 Å². The molecule has 0 aromatic rings. The van der Waals surface area contributed by atoms with Crippen molar-refractivity contribution < 1.29 is 22.7 Å². The summed E-state index contributed by atoms with van der Waals surface area (Å²) in [5.74, 6) is -1.10. The summed E-state index contributed by atoms with van der Waals surface area (Å²) in [6, 6.07) is 0. The summed E-state index contributed by atoms with van der Waals surface area (Å²) >= 11 is 0. The Balaban J connectivity index is 2.39. The molecule has 0 aromatic carbocycles. The fourth-order valence-electron chi connectivity index (χ4n) is 1.77. The molecule has 1 aliphatic heterocycles. The Kier molecular flexibility index (Phi) is 2.36. The number of ether oxygens (including phenoxy) is 1. The second-order valence-electron chi connectivity index (χ2n) is 3.51. The van der Waals surface area contributed by atoms with Gasteiger partial charge in [0.15, 0.2) is 5.71 Å². The molecule has 86 valence electrons. The van der Waals surface area contributed by atoms with Crippen LogP contribution in [0.15, 0.2) is 28.5 Å². The SMILES string of the molecule is COC1=CC=C2C(C(F)(F)F)=NC(=O)C2C1. The first-order valence-corrected chi connectivity index (χ1v) is 4.58. The van der Waals surface area contributed by atoms with Gasteiger partial charge in [-0.1, -0.05) is 6.08 Å². The highest BCUT2D eigenvalue weighted by molar-refractivity contribution is 6.18. The van der Waals surface area contributed by atoms with Crippen LogP contribution in [0.5, 0.6) is 0 Å². The fourth-order valence-corrected chi connectivity index (χ4v) is 1.77. The number of fused-ring (bicyclic) bond motifs is 1. The van der Waals surface area contributed by atoms with E-state index in [1.165, 1.54) is 19.3 Å². The summed E-state index contributed by atoms with van der Waals surface area (Å²) in [4.78, 5) is 14.4. The first-order valence-electron chi connectivity index (χ1n) is 4.58. The quantitative estimate of drug-likeness (QED) is 0.692. The van der Waals surface area contributed by atoms with E-state index in [-0.39, 0.29) is 12.0 Å². The van der Waals surface area contributed by atoms with Gasteiger partial charge in [0.1, 0.15) is 0 Å². The molecule has 0 spiro atoms. The van der Waals surface area contributed by atoms with Crippen molar-refractivity contribution in [2.45, 2.75) is 12.6 Å². The lowest BCUT2D eigenvalue weighted by molar-refractivity contribution is -0.120. The van der Waals surface area contributed by atoms with Crippen LogP contribution < -0.4 is 0 Å². The van der Waals surface area contributed by atoms with Crippen LogP contribution >= 0.6 is 0 Å². The topological polar surface area (TPSA) is 38.7 Å². The second kappa shape index (κ2) is 3.47. The van der Waals surface area contributed by atoms with Crippen LogP contribution in [0.25, 0.3) is 0 Å². The minimum absolute atomic E-state index is 0.0571. The highest BCUT2D eigenvalue weighted by Gasteiger charge is 2.47. The molecule has 1 heterocycles. The van der Waals surface area contributed by atoms with E-state index in [0.717, 1.165) is 0 Å². The normalized spacial score (nSPS) is 24.6. The number of nitrogens with zero attached hydrogens (tertiary/aromatic N) is 1. The summed E-state index contributed by atoms with van der Waals surface area (Å²) in [6.45, 7) is 0. The van der Waals surface area contributed by atoms with Crippen LogP contribution in [0.2, 0.25) is 0 Å². The number of methoxy groups -OCH3 is 1. The number of carbonyl (C=O) groups is 1. The predicted octanol–water partition coefficient (Wildman–Crippen LogP) is 2.01. The molecule has 0 saturated heterocycles. The number of alkyl halides is 3. The summed E-state index contributed by atoms with van der Waals surface area (Å²) in [6.07, 6.45) is -1.74. The Morgan fingerprint density at radius 1 is 1.44 bits per heavy atom. The lowest BCUT2D eigenvalue weighted by atomic mass is 9.89. The Morgan fingerprint density at radius 2 is 2.12 bits per heavy atom. The van der Waals surface area contributed by atoms with Gasteiger partial charge in [-0.2, -0.15) is 13.2 Å². The second-order valence-corrected chi connectivity index (χ2v) is 3.51. The average Bonchev–Trinajstić information content (AvgIpc) is 2.55. The number of halogens is 3. The largest absolute Gasteiger partial charge is 0.501 e. The van der Waals surface area contributed by atoms with Crippen LogP contribution in [0.3, 0.4) is 0 Å². The van der Waals surface area contributed by atoms with Crippen LogP contribution in [0.1, 0.15) is 6.42 Å². The van der Waals surface area contributed by atoms with Gasteiger partial charge in [0.2, 0.25) is 0 Å². The van der Waals surface area contributed by atoms with E-state index < -0.39 is 23.7 Å². The lowest BCUT2D eigenvalue weighted by Crippen LogP contribution is -2.25. The molecule has 1 unspecified atom stereocenters.